The van der Waals surface area contributed by atoms with Gasteiger partial charge in [-0.3, -0.25) is 9.83 Å². The first kappa shape index (κ1) is 10.0. The Morgan fingerprint density at radius 2 is 2.54 bits per heavy atom. The molecule has 0 fully saturated rings. The van der Waals surface area contributed by atoms with Gasteiger partial charge in [-0.25, -0.2) is 4.79 Å². The number of carbonyl (C=O) groups is 1. The predicted octanol–water partition coefficient (Wildman–Crippen LogP) is 0.864. The highest BCUT2D eigenvalue weighted by Crippen LogP contribution is 2.11. The third-order valence-corrected chi connectivity index (χ3v) is 2.43. The van der Waals surface area contributed by atoms with E-state index in [1.165, 1.54) is 18.8 Å². The highest BCUT2D eigenvalue weighted by Gasteiger charge is 2.11. The van der Waals surface area contributed by atoms with E-state index in [-0.39, 0.29) is 0 Å². The van der Waals surface area contributed by atoms with Crippen molar-refractivity contribution in [3.8, 4) is 0 Å². The fourth-order valence-corrected chi connectivity index (χ4v) is 1.49. The lowest BCUT2D eigenvalue weighted by Crippen LogP contribution is -2.20. The van der Waals surface area contributed by atoms with E-state index >= 15 is 0 Å². The molecule has 1 aliphatic heterocycles. The van der Waals surface area contributed by atoms with Gasteiger partial charge in [-0.1, -0.05) is 16.9 Å². The van der Waals surface area contributed by atoms with Crippen molar-refractivity contribution in [1.29, 1.82) is 0 Å². The number of nitrogens with one attached hydrogen (secondary N) is 1. The van der Waals surface area contributed by atoms with Crippen LogP contribution in [0, 0.1) is 0 Å². The minimum atomic E-state index is -0.563. The summed E-state index contributed by atoms with van der Waals surface area (Å²) < 4.78 is 0. The Kier molecular flexibility index (Phi) is 3.75. The van der Waals surface area contributed by atoms with Gasteiger partial charge in [0.25, 0.3) is 0 Å². The molecule has 0 saturated heterocycles. The molecular formula is C7H11N3O2S. The summed E-state index contributed by atoms with van der Waals surface area (Å²) in [7, 11) is 1.48. The molecule has 13 heavy (non-hydrogen) atoms. The number of oxime groups is 1. The van der Waals surface area contributed by atoms with E-state index < -0.39 is 6.09 Å². The Morgan fingerprint density at radius 1 is 1.77 bits per heavy atom. The molecule has 1 N–H and O–H groups in total. The van der Waals surface area contributed by atoms with Gasteiger partial charge in [0.05, 0.1) is 5.71 Å². The molecule has 1 rings (SSSR count). The second-order valence-electron chi connectivity index (χ2n) is 2.34. The van der Waals surface area contributed by atoms with E-state index in [1.807, 2.05) is 6.92 Å². The first-order chi connectivity index (χ1) is 6.24. The molecule has 1 aliphatic rings. The van der Waals surface area contributed by atoms with Crippen LogP contribution >= 0.6 is 11.8 Å². The monoisotopic (exact) mass is 201 g/mol. The van der Waals surface area contributed by atoms with Gasteiger partial charge in [0.2, 0.25) is 0 Å². The molecule has 0 aliphatic carbocycles. The second kappa shape index (κ2) is 4.86. The lowest BCUT2D eigenvalue weighted by molar-refractivity contribution is 0.154. The van der Waals surface area contributed by atoms with Crippen molar-refractivity contribution < 1.29 is 9.63 Å². The maximum atomic E-state index is 10.7. The molecular weight excluding hydrogens is 190 g/mol. The van der Waals surface area contributed by atoms with Crippen LogP contribution in [0.3, 0.4) is 0 Å². The Bertz CT molecular complexity index is 262. The van der Waals surface area contributed by atoms with Gasteiger partial charge in [0.15, 0.2) is 5.04 Å². The average Bonchev–Trinajstić information content (AvgIpc) is 2.16. The number of amides is 1. The number of thioether (sulfide) groups is 1. The zero-order valence-electron chi connectivity index (χ0n) is 7.53. The second-order valence-corrected chi connectivity index (χ2v) is 3.42. The number of carbonyl (C=O) groups excluding carboxylic acids is 1. The van der Waals surface area contributed by atoms with Gasteiger partial charge in [-0.05, 0) is 6.92 Å². The van der Waals surface area contributed by atoms with Crippen molar-refractivity contribution in [3.05, 3.63) is 0 Å². The molecule has 0 spiro atoms. The maximum Gasteiger partial charge on any atom is 0.433 e. The number of hydrogen-bond acceptors (Lipinski definition) is 5. The number of hydrogen-bond donors (Lipinski definition) is 1. The quantitative estimate of drug-likeness (QED) is 0.505. The Hall–Kier alpha value is -1.04. The summed E-state index contributed by atoms with van der Waals surface area (Å²) in [5.41, 5.74) is 0.820. The van der Waals surface area contributed by atoms with Crippen molar-refractivity contribution in [1.82, 2.24) is 5.32 Å². The van der Waals surface area contributed by atoms with Crippen LogP contribution in [-0.2, 0) is 4.84 Å². The van der Waals surface area contributed by atoms with Gasteiger partial charge in [-0.2, -0.15) is 0 Å². The summed E-state index contributed by atoms with van der Waals surface area (Å²) in [6, 6.07) is 0. The smallest absolute Gasteiger partial charge is 0.323 e. The molecule has 0 atom stereocenters. The molecule has 0 unspecified atom stereocenters. The summed E-state index contributed by atoms with van der Waals surface area (Å²) >= 11 is 1.54. The highest BCUT2D eigenvalue weighted by atomic mass is 32.2. The topological polar surface area (TPSA) is 63.0 Å². The summed E-state index contributed by atoms with van der Waals surface area (Å²) in [5.74, 6) is 0.882. The Balaban J connectivity index is 2.54. The number of rotatable bonds is 1. The van der Waals surface area contributed by atoms with E-state index in [4.69, 9.17) is 0 Å². The molecule has 0 aromatic heterocycles. The van der Waals surface area contributed by atoms with Gasteiger partial charge in [-0.15, -0.1) is 0 Å². The van der Waals surface area contributed by atoms with Gasteiger partial charge >= 0.3 is 6.09 Å². The normalized spacial score (nSPS) is 19.5. The van der Waals surface area contributed by atoms with Crippen LogP contribution in [0.5, 0.6) is 0 Å². The molecule has 5 nitrogen and oxygen atoms in total. The lowest BCUT2D eigenvalue weighted by Gasteiger charge is -2.09. The van der Waals surface area contributed by atoms with Gasteiger partial charge in [0.1, 0.15) is 0 Å². The molecule has 1 amide bonds. The third-order valence-electron chi connectivity index (χ3n) is 1.40. The maximum absolute atomic E-state index is 10.7. The van der Waals surface area contributed by atoms with Crippen molar-refractivity contribution >= 4 is 28.6 Å². The minimum absolute atomic E-state index is 0.563. The molecule has 0 saturated carbocycles. The SMILES string of the molecule is CNC(=O)ON=C1SCCN=C1C. The fourth-order valence-electron chi connectivity index (χ4n) is 0.749. The first-order valence-electron chi connectivity index (χ1n) is 3.85. The van der Waals surface area contributed by atoms with Crippen LogP contribution in [0.1, 0.15) is 6.92 Å². The zero-order chi connectivity index (χ0) is 9.68. The molecule has 0 bridgehead atoms. The van der Waals surface area contributed by atoms with Crippen molar-refractivity contribution in [2.75, 3.05) is 19.3 Å². The van der Waals surface area contributed by atoms with Crippen LogP contribution in [0.2, 0.25) is 0 Å². The molecule has 1 heterocycles. The van der Waals surface area contributed by atoms with E-state index in [0.29, 0.717) is 5.04 Å². The highest BCUT2D eigenvalue weighted by molar-refractivity contribution is 8.15. The average molecular weight is 201 g/mol. The summed E-state index contributed by atoms with van der Waals surface area (Å²) in [4.78, 5) is 19.4. The molecule has 0 aromatic rings. The molecule has 72 valence electrons. The van der Waals surface area contributed by atoms with Crippen LogP contribution < -0.4 is 5.32 Å². The lowest BCUT2D eigenvalue weighted by atomic mass is 10.4. The standard InChI is InChI=1S/C7H11N3O2S/c1-5-6(13-4-3-9-5)10-12-7(11)8-2/h3-4H2,1-2H3,(H,8,11). The van der Waals surface area contributed by atoms with E-state index in [9.17, 15) is 4.79 Å². The molecule has 0 aromatic carbocycles. The summed E-state index contributed by atoms with van der Waals surface area (Å²) in [6.07, 6.45) is -0.563. The van der Waals surface area contributed by atoms with E-state index in [0.717, 1.165) is 18.0 Å². The van der Waals surface area contributed by atoms with E-state index in [2.05, 4.69) is 20.3 Å². The van der Waals surface area contributed by atoms with Crippen LogP contribution in [0.15, 0.2) is 10.1 Å². The summed E-state index contributed by atoms with van der Waals surface area (Å²) in [5, 5.41) is 6.65. The molecule has 0 radical (unpaired) electrons. The molecule has 6 heteroatoms. The number of nitrogens with zero attached hydrogens (tertiary/aromatic N) is 2. The fraction of sp³-hybridized carbons (Fsp3) is 0.571. The van der Waals surface area contributed by atoms with Crippen molar-refractivity contribution in [3.63, 3.8) is 0 Å². The zero-order valence-corrected chi connectivity index (χ0v) is 8.35. The first-order valence-corrected chi connectivity index (χ1v) is 4.83. The van der Waals surface area contributed by atoms with Crippen LogP contribution in [0.25, 0.3) is 0 Å². The van der Waals surface area contributed by atoms with Crippen molar-refractivity contribution in [2.45, 2.75) is 6.92 Å². The number of aliphatic imine (C=N–C) groups is 1. The third kappa shape index (κ3) is 3.06. The van der Waals surface area contributed by atoms with Gasteiger partial charge in [0, 0.05) is 19.3 Å². The minimum Gasteiger partial charge on any atom is -0.323 e. The Labute approximate surface area is 80.6 Å². The summed E-state index contributed by atoms with van der Waals surface area (Å²) in [6.45, 7) is 2.65. The van der Waals surface area contributed by atoms with Crippen molar-refractivity contribution in [2.24, 2.45) is 10.1 Å². The Morgan fingerprint density at radius 3 is 3.15 bits per heavy atom. The predicted molar refractivity (Wildman–Crippen MR) is 53.4 cm³/mol. The van der Waals surface area contributed by atoms with E-state index in [1.54, 1.807) is 0 Å². The van der Waals surface area contributed by atoms with Crippen LogP contribution in [0.4, 0.5) is 4.79 Å². The largest absolute Gasteiger partial charge is 0.433 e. The van der Waals surface area contributed by atoms with Crippen LogP contribution in [-0.4, -0.2) is 36.2 Å². The van der Waals surface area contributed by atoms with Gasteiger partial charge < -0.3 is 5.32 Å².